The summed E-state index contributed by atoms with van der Waals surface area (Å²) in [5, 5.41) is 0. The maximum absolute atomic E-state index is 9.59. The van der Waals surface area contributed by atoms with E-state index in [4.69, 9.17) is 0 Å². The van der Waals surface area contributed by atoms with Crippen LogP contribution in [0.3, 0.4) is 0 Å². The van der Waals surface area contributed by atoms with E-state index in [2.05, 4.69) is 4.74 Å². The summed E-state index contributed by atoms with van der Waals surface area (Å²) in [6.45, 7) is 1.26. The van der Waals surface area contributed by atoms with Crippen molar-refractivity contribution in [3.8, 4) is 0 Å². The fourth-order valence-corrected chi connectivity index (χ4v) is 0.0678. The monoisotopic (exact) mass is 172 g/mol. The first-order valence-corrected chi connectivity index (χ1v) is 1.38. The van der Waals surface area contributed by atoms with Crippen LogP contribution < -0.4 is 0 Å². The molecule has 0 saturated heterocycles. The van der Waals surface area contributed by atoms with Crippen molar-refractivity contribution in [1.82, 2.24) is 0 Å². The van der Waals surface area contributed by atoms with Gasteiger partial charge in [0.05, 0.1) is 0 Å². The average molecular weight is 172 g/mol. The number of ether oxygens (including phenoxy) is 1. The molecule has 0 atom stereocenters. The van der Waals surface area contributed by atoms with Crippen LogP contribution in [-0.4, -0.2) is 87.9 Å². The average Bonchev–Trinajstić information content (AvgIpc) is 1.35. The standard InChI is InChI=1S/C3H4O3.2Ca.4H/c1-3(5)6-2-4;;;;;;/h2H,1H3;;;;;;/q;2*+2;4*-1. The van der Waals surface area contributed by atoms with Gasteiger partial charge in [0.25, 0.3) is 0 Å². The van der Waals surface area contributed by atoms with Crippen molar-refractivity contribution in [3.63, 3.8) is 0 Å². The number of hydrogen-bond donors (Lipinski definition) is 0. The Morgan fingerprint density at radius 3 is 2.00 bits per heavy atom. The van der Waals surface area contributed by atoms with Crippen LogP contribution in [0.25, 0.3) is 0 Å². The quantitative estimate of drug-likeness (QED) is 0.229. The molecule has 0 aliphatic rings. The van der Waals surface area contributed by atoms with Crippen LogP contribution in [0.4, 0.5) is 0 Å². The molecular formula is C3H8Ca2O3. The Kier molecular flexibility index (Phi) is 23.4. The molecule has 0 N–H and O–H groups in total. The molecule has 0 heterocycles. The van der Waals surface area contributed by atoms with E-state index in [0.717, 1.165) is 6.92 Å². The third-order valence-electron chi connectivity index (χ3n) is 0.214. The number of esters is 1. The molecular weight excluding hydrogens is 164 g/mol. The van der Waals surface area contributed by atoms with Crippen LogP contribution in [-0.2, 0) is 14.3 Å². The molecule has 0 amide bonds. The molecule has 0 rings (SSSR count). The van der Waals surface area contributed by atoms with E-state index < -0.39 is 5.97 Å². The van der Waals surface area contributed by atoms with E-state index in [9.17, 15) is 9.59 Å². The summed E-state index contributed by atoms with van der Waals surface area (Å²) in [7, 11) is 0. The topological polar surface area (TPSA) is 43.4 Å². The van der Waals surface area contributed by atoms with Gasteiger partial charge in [0.1, 0.15) is 0 Å². The minimum absolute atomic E-state index is 0. The molecule has 0 aliphatic carbocycles. The third kappa shape index (κ3) is 15.6. The van der Waals surface area contributed by atoms with E-state index in [-0.39, 0.29) is 87.7 Å². The first-order valence-electron chi connectivity index (χ1n) is 1.38. The first kappa shape index (κ1) is 16.3. The summed E-state index contributed by atoms with van der Waals surface area (Å²) in [6, 6.07) is 0. The number of hydrogen-bond acceptors (Lipinski definition) is 3. The first-order chi connectivity index (χ1) is 2.77. The van der Waals surface area contributed by atoms with Crippen molar-refractivity contribution in [1.29, 1.82) is 0 Å². The van der Waals surface area contributed by atoms with Gasteiger partial charge >= 0.3 is 87.9 Å². The van der Waals surface area contributed by atoms with E-state index in [1.807, 2.05) is 0 Å². The Balaban J connectivity index is -0.00000000833. The fourth-order valence-electron chi connectivity index (χ4n) is 0.0678. The molecule has 42 valence electrons. The van der Waals surface area contributed by atoms with E-state index in [1.54, 1.807) is 0 Å². The number of rotatable bonds is 1. The van der Waals surface area contributed by atoms with Crippen molar-refractivity contribution in [2.24, 2.45) is 0 Å². The van der Waals surface area contributed by atoms with Gasteiger partial charge in [-0.3, -0.25) is 9.59 Å². The Hall–Kier alpha value is 1.66. The molecule has 3 nitrogen and oxygen atoms in total. The van der Waals surface area contributed by atoms with E-state index in [0.29, 0.717) is 0 Å². The molecule has 0 fully saturated rings. The Labute approximate surface area is 113 Å². The molecule has 0 unspecified atom stereocenters. The summed E-state index contributed by atoms with van der Waals surface area (Å²) in [5.74, 6) is -0.579. The van der Waals surface area contributed by atoms with Gasteiger partial charge in [0.2, 0.25) is 0 Å². The normalized spacial score (nSPS) is 5.12. The van der Waals surface area contributed by atoms with Crippen molar-refractivity contribution in [3.05, 3.63) is 0 Å². The van der Waals surface area contributed by atoms with Crippen LogP contribution in [0.15, 0.2) is 0 Å². The van der Waals surface area contributed by atoms with Gasteiger partial charge in [-0.25, -0.2) is 0 Å². The zero-order valence-corrected chi connectivity index (χ0v) is 9.13. The van der Waals surface area contributed by atoms with Gasteiger partial charge in [-0.2, -0.15) is 0 Å². The van der Waals surface area contributed by atoms with Gasteiger partial charge < -0.3 is 10.4 Å². The molecule has 0 spiro atoms. The summed E-state index contributed by atoms with van der Waals surface area (Å²) in [6.07, 6.45) is 0. The minimum atomic E-state index is -0.579. The van der Waals surface area contributed by atoms with Gasteiger partial charge in [-0.1, -0.05) is 0 Å². The minimum Gasteiger partial charge on any atom is -1.00 e. The predicted molar refractivity (Wildman–Crippen MR) is 33.8 cm³/mol. The van der Waals surface area contributed by atoms with E-state index >= 15 is 0 Å². The largest absolute Gasteiger partial charge is 2.00 e. The summed E-state index contributed by atoms with van der Waals surface area (Å²) in [4.78, 5) is 18.8. The van der Waals surface area contributed by atoms with Crippen LogP contribution >= 0.6 is 0 Å². The van der Waals surface area contributed by atoms with Crippen molar-refractivity contribution in [2.75, 3.05) is 0 Å². The van der Waals surface area contributed by atoms with Gasteiger partial charge in [0.15, 0.2) is 0 Å². The van der Waals surface area contributed by atoms with Crippen molar-refractivity contribution >= 4 is 87.9 Å². The van der Waals surface area contributed by atoms with Gasteiger partial charge in [-0.15, -0.1) is 0 Å². The molecule has 0 aromatic rings. The predicted octanol–water partition coefficient (Wildman–Crippen LogP) is -0.606. The Bertz CT molecular complexity index is 83.9. The molecule has 0 aromatic carbocycles. The van der Waals surface area contributed by atoms with Crippen LogP contribution in [0.2, 0.25) is 0 Å². The van der Waals surface area contributed by atoms with Gasteiger partial charge in [0, 0.05) is 6.92 Å². The zero-order chi connectivity index (χ0) is 4.99. The number of carbonyl (C=O) groups excluding carboxylic acids is 2. The van der Waals surface area contributed by atoms with Crippen LogP contribution in [0.1, 0.15) is 12.6 Å². The Morgan fingerprint density at radius 2 is 2.00 bits per heavy atom. The summed E-state index contributed by atoms with van der Waals surface area (Å²) in [5.41, 5.74) is 0. The van der Waals surface area contributed by atoms with Crippen LogP contribution in [0, 0.1) is 0 Å². The molecule has 5 heteroatoms. The van der Waals surface area contributed by atoms with Crippen molar-refractivity contribution in [2.45, 2.75) is 6.92 Å². The fraction of sp³-hybridized carbons (Fsp3) is 0.333. The number of carbonyl (C=O) groups is 2. The van der Waals surface area contributed by atoms with E-state index in [1.165, 1.54) is 0 Å². The molecule has 0 radical (unpaired) electrons. The summed E-state index contributed by atoms with van der Waals surface area (Å²) >= 11 is 0. The second-order valence-corrected chi connectivity index (χ2v) is 0.706. The summed E-state index contributed by atoms with van der Waals surface area (Å²) < 4.78 is 3.72. The molecule has 0 aromatic heterocycles. The molecule has 8 heavy (non-hydrogen) atoms. The molecule has 0 aliphatic heterocycles. The zero-order valence-electron chi connectivity index (χ0n) is 8.72. The second kappa shape index (κ2) is 11.5. The molecule has 0 saturated carbocycles. The third-order valence-corrected chi connectivity index (χ3v) is 0.214. The smallest absolute Gasteiger partial charge is 1.00 e. The van der Waals surface area contributed by atoms with Gasteiger partial charge in [-0.05, 0) is 0 Å². The Morgan fingerprint density at radius 1 is 1.62 bits per heavy atom. The molecule has 0 bridgehead atoms. The maximum atomic E-state index is 9.59. The maximum Gasteiger partial charge on any atom is 2.00 e. The van der Waals surface area contributed by atoms with Crippen molar-refractivity contribution < 1.29 is 20.0 Å². The van der Waals surface area contributed by atoms with Crippen LogP contribution in [0.5, 0.6) is 0 Å². The second-order valence-electron chi connectivity index (χ2n) is 0.706. The SMILES string of the molecule is CC(=O)OC=O.[Ca+2].[Ca+2].[H-].[H-].[H-].[H-].